The number of hydrogen-bond donors (Lipinski definition) is 0. The van der Waals surface area contributed by atoms with Crippen molar-refractivity contribution < 1.29 is 4.74 Å². The van der Waals surface area contributed by atoms with Crippen molar-refractivity contribution >= 4 is 48.9 Å². The minimum atomic E-state index is -0.238. The maximum atomic E-state index is 6.48. The van der Waals surface area contributed by atoms with Crippen molar-refractivity contribution in [3.05, 3.63) is 84.4 Å². The summed E-state index contributed by atoms with van der Waals surface area (Å²) in [6.07, 6.45) is 0.639. The van der Waals surface area contributed by atoms with Gasteiger partial charge in [0.05, 0.1) is 21.1 Å². The molecule has 0 bridgehead atoms. The molecule has 0 aliphatic carbocycles. The average Bonchev–Trinajstić information content (AvgIpc) is 3.32. The number of fused-ring (bicyclic) bond motifs is 3. The van der Waals surface area contributed by atoms with Crippen LogP contribution in [0.5, 0.6) is 5.75 Å². The van der Waals surface area contributed by atoms with Gasteiger partial charge in [-0.05, 0) is 46.4 Å². The molecule has 3 aromatic rings. The van der Waals surface area contributed by atoms with Crippen molar-refractivity contribution in [3.63, 3.8) is 0 Å². The largest absolute Gasteiger partial charge is 0.463 e. The molecule has 2 aliphatic heterocycles. The van der Waals surface area contributed by atoms with E-state index < -0.39 is 0 Å². The Morgan fingerprint density at radius 3 is 2.70 bits per heavy atom. The molecule has 0 saturated heterocycles. The van der Waals surface area contributed by atoms with Gasteiger partial charge in [0.1, 0.15) is 5.75 Å². The first-order valence-electron chi connectivity index (χ1n) is 8.72. The van der Waals surface area contributed by atoms with Crippen LogP contribution in [-0.4, -0.2) is 10.7 Å². The fraction of sp³-hybridized carbons (Fsp3) is 0.190. The molecule has 3 heterocycles. The highest BCUT2D eigenvalue weighted by molar-refractivity contribution is 9.11. The Balaban J connectivity index is 1.64. The van der Waals surface area contributed by atoms with Crippen LogP contribution in [0.3, 0.4) is 0 Å². The fourth-order valence-corrected chi connectivity index (χ4v) is 5.73. The molecular weight excluding hydrogens is 488 g/mol. The highest BCUT2D eigenvalue weighted by atomic mass is 79.9. The van der Waals surface area contributed by atoms with E-state index in [1.165, 1.54) is 10.4 Å². The Hall–Kier alpha value is -1.63. The van der Waals surface area contributed by atoms with Crippen molar-refractivity contribution in [1.29, 1.82) is 0 Å². The molecule has 5 rings (SSSR count). The smallest absolute Gasteiger partial charge is 0.213 e. The number of nitrogens with zero attached hydrogens (tertiary/aromatic N) is 2. The molecule has 0 N–H and O–H groups in total. The molecule has 0 amide bonds. The zero-order valence-corrected chi connectivity index (χ0v) is 18.5. The SMILES string of the molecule is Cc1ccc(C2Oc3c(Br)cc(Br)cc3C3CC(c4cccs4)=NN32)cc1. The average molecular weight is 504 g/mol. The summed E-state index contributed by atoms with van der Waals surface area (Å²) < 4.78 is 8.48. The van der Waals surface area contributed by atoms with Gasteiger partial charge < -0.3 is 4.74 Å². The van der Waals surface area contributed by atoms with E-state index in [1.807, 2.05) is 6.07 Å². The van der Waals surface area contributed by atoms with Gasteiger partial charge in [-0.2, -0.15) is 5.10 Å². The summed E-state index contributed by atoms with van der Waals surface area (Å²) >= 11 is 9.04. The molecular formula is C21H16Br2N2OS. The van der Waals surface area contributed by atoms with Gasteiger partial charge in [0.15, 0.2) is 0 Å². The molecule has 2 unspecified atom stereocenters. The van der Waals surface area contributed by atoms with Crippen molar-refractivity contribution in [2.75, 3.05) is 0 Å². The lowest BCUT2D eigenvalue weighted by atomic mass is 9.97. The lowest BCUT2D eigenvalue weighted by Crippen LogP contribution is -2.33. The van der Waals surface area contributed by atoms with E-state index in [0.717, 1.165) is 38.0 Å². The Kier molecular flexibility index (Phi) is 4.37. The van der Waals surface area contributed by atoms with Crippen LogP contribution >= 0.6 is 43.2 Å². The molecule has 27 heavy (non-hydrogen) atoms. The minimum Gasteiger partial charge on any atom is -0.463 e. The molecule has 0 saturated carbocycles. The number of ether oxygens (including phenoxy) is 1. The fourth-order valence-electron chi connectivity index (χ4n) is 3.66. The molecule has 0 radical (unpaired) electrons. The van der Waals surface area contributed by atoms with Crippen LogP contribution in [0.15, 0.2) is 68.0 Å². The van der Waals surface area contributed by atoms with Crippen LogP contribution in [0.4, 0.5) is 0 Å². The van der Waals surface area contributed by atoms with Gasteiger partial charge in [-0.3, -0.25) is 0 Å². The second-order valence-electron chi connectivity index (χ2n) is 6.81. The van der Waals surface area contributed by atoms with Crippen LogP contribution in [0.1, 0.15) is 40.3 Å². The van der Waals surface area contributed by atoms with Crippen LogP contribution in [0.25, 0.3) is 0 Å². The maximum absolute atomic E-state index is 6.48. The Morgan fingerprint density at radius 1 is 1.15 bits per heavy atom. The predicted molar refractivity (Wildman–Crippen MR) is 116 cm³/mol. The van der Waals surface area contributed by atoms with Gasteiger partial charge in [0, 0.05) is 22.0 Å². The first kappa shape index (κ1) is 17.5. The van der Waals surface area contributed by atoms with Crippen molar-refractivity contribution in [2.24, 2.45) is 5.10 Å². The first-order valence-corrected chi connectivity index (χ1v) is 11.2. The molecule has 136 valence electrons. The van der Waals surface area contributed by atoms with E-state index >= 15 is 0 Å². The topological polar surface area (TPSA) is 24.8 Å². The Morgan fingerprint density at radius 2 is 1.96 bits per heavy atom. The van der Waals surface area contributed by atoms with Gasteiger partial charge in [0.25, 0.3) is 0 Å². The van der Waals surface area contributed by atoms with E-state index in [2.05, 4.69) is 91.6 Å². The minimum absolute atomic E-state index is 0.158. The molecule has 1 aromatic heterocycles. The molecule has 2 atom stereocenters. The molecule has 6 heteroatoms. The monoisotopic (exact) mass is 502 g/mol. The number of hydrazone groups is 1. The highest BCUT2D eigenvalue weighted by Crippen LogP contribution is 2.51. The van der Waals surface area contributed by atoms with Crippen LogP contribution in [0, 0.1) is 6.92 Å². The molecule has 2 aliphatic rings. The Labute approximate surface area is 178 Å². The summed E-state index contributed by atoms with van der Waals surface area (Å²) in [4.78, 5) is 1.22. The summed E-state index contributed by atoms with van der Waals surface area (Å²) in [7, 11) is 0. The quantitative estimate of drug-likeness (QED) is 0.383. The zero-order chi connectivity index (χ0) is 18.5. The summed E-state index contributed by atoms with van der Waals surface area (Å²) in [5.74, 6) is 0.910. The molecule has 2 aromatic carbocycles. The number of thiophene rings is 1. The third-order valence-corrected chi connectivity index (χ3v) is 6.94. The summed E-state index contributed by atoms with van der Waals surface area (Å²) in [5, 5.41) is 9.22. The summed E-state index contributed by atoms with van der Waals surface area (Å²) in [5.41, 5.74) is 4.64. The van der Waals surface area contributed by atoms with Gasteiger partial charge in [-0.1, -0.05) is 51.8 Å². The van der Waals surface area contributed by atoms with Gasteiger partial charge in [0.2, 0.25) is 6.23 Å². The van der Waals surface area contributed by atoms with E-state index in [-0.39, 0.29) is 12.3 Å². The predicted octanol–water partition coefficient (Wildman–Crippen LogP) is 6.82. The number of rotatable bonds is 2. The van der Waals surface area contributed by atoms with E-state index in [4.69, 9.17) is 9.84 Å². The van der Waals surface area contributed by atoms with Crippen LogP contribution < -0.4 is 4.74 Å². The van der Waals surface area contributed by atoms with E-state index in [0.29, 0.717) is 0 Å². The van der Waals surface area contributed by atoms with Crippen LogP contribution in [-0.2, 0) is 0 Å². The zero-order valence-electron chi connectivity index (χ0n) is 14.5. The number of hydrogen-bond acceptors (Lipinski definition) is 4. The van der Waals surface area contributed by atoms with Gasteiger partial charge >= 0.3 is 0 Å². The highest BCUT2D eigenvalue weighted by Gasteiger charge is 2.42. The summed E-state index contributed by atoms with van der Waals surface area (Å²) in [6.45, 7) is 2.10. The van der Waals surface area contributed by atoms with Crippen molar-refractivity contribution in [1.82, 2.24) is 5.01 Å². The van der Waals surface area contributed by atoms with Gasteiger partial charge in [-0.25, -0.2) is 5.01 Å². The second kappa shape index (κ2) is 6.76. The normalized spacial score (nSPS) is 20.7. The molecule has 0 fully saturated rings. The van der Waals surface area contributed by atoms with Crippen molar-refractivity contribution in [2.45, 2.75) is 25.6 Å². The first-order chi connectivity index (χ1) is 13.1. The maximum Gasteiger partial charge on any atom is 0.213 e. The number of benzene rings is 2. The Bertz CT molecular complexity index is 1030. The van der Waals surface area contributed by atoms with Gasteiger partial charge in [-0.15, -0.1) is 11.3 Å². The standard InChI is InChI=1S/C21H16Br2N2OS/c1-12-4-6-13(7-5-12)21-25-18(11-17(24-25)19-3-2-8-27-19)15-9-14(22)10-16(23)20(15)26-21/h2-10,18,21H,11H2,1H3. The lowest BCUT2D eigenvalue weighted by molar-refractivity contribution is -0.0197. The molecule has 0 spiro atoms. The third kappa shape index (κ3) is 3.04. The number of halogens is 2. The van der Waals surface area contributed by atoms with Crippen molar-refractivity contribution in [3.8, 4) is 5.75 Å². The number of aryl methyl sites for hydroxylation is 1. The summed E-state index contributed by atoms with van der Waals surface area (Å²) in [6, 6.07) is 17.1. The second-order valence-corrected chi connectivity index (χ2v) is 9.53. The van der Waals surface area contributed by atoms with E-state index in [9.17, 15) is 0 Å². The van der Waals surface area contributed by atoms with E-state index in [1.54, 1.807) is 11.3 Å². The third-order valence-electron chi connectivity index (χ3n) is 4.98. The lowest BCUT2D eigenvalue weighted by Gasteiger charge is -2.38. The molecule has 3 nitrogen and oxygen atoms in total. The van der Waals surface area contributed by atoms with Crippen LogP contribution in [0.2, 0.25) is 0 Å².